The highest BCUT2D eigenvalue weighted by Crippen LogP contribution is 2.38. The first-order valence-corrected chi connectivity index (χ1v) is 19.5. The molecule has 1 saturated heterocycles. The second-order valence-corrected chi connectivity index (χ2v) is 15.5. The van der Waals surface area contributed by atoms with Gasteiger partial charge in [-0.3, -0.25) is 9.59 Å². The van der Waals surface area contributed by atoms with Gasteiger partial charge in [-0.25, -0.2) is 19.6 Å². The average Bonchev–Trinajstić information content (AvgIpc) is 4.05. The topological polar surface area (TPSA) is 175 Å². The second kappa shape index (κ2) is 17.4. The third-order valence-electron chi connectivity index (χ3n) is 11.2. The van der Waals surface area contributed by atoms with Gasteiger partial charge in [-0.05, 0) is 59.8 Å². The monoisotopic (exact) mass is 766 g/mol. The van der Waals surface area contributed by atoms with Crippen LogP contribution in [0, 0.1) is 11.8 Å². The molecule has 298 valence electrons. The molecule has 56 heavy (non-hydrogen) atoms. The Hall–Kier alpha value is -5.66. The third-order valence-corrected chi connectivity index (χ3v) is 11.2. The number of alkyl carbamates (subject to hydrolysis) is 2. The summed E-state index contributed by atoms with van der Waals surface area (Å²) in [5, 5.41) is 5.40. The average molecular weight is 767 g/mol. The summed E-state index contributed by atoms with van der Waals surface area (Å²) < 4.78 is 9.52. The van der Waals surface area contributed by atoms with Crippen LogP contribution in [0.1, 0.15) is 83.4 Å². The number of hydrogen-bond donors (Lipinski definition) is 4. The number of likely N-dealkylation sites (N-methyl/N-ethyl adjacent to an activating group) is 1. The standard InChI is InChI=1S/C42H54N8O6/c1-24(2)35(47-41(53)55-6)39(51)49(5)33-11-8-10-30(33)37-43-22-31(45-37)28-17-13-26(14-18-28)27-15-19-29(20-16-27)32-23-44-38(46-32)34-12-9-21-50(34)40(52)36(25(3)4)48-42(54)56-7/h13-20,22-25,30,33-36H,8-12,21H2,1-7H3,(H,43,45)(H,44,46)(H,47,53)(H,48,54)/t30-,33-,34+,35+,36+/m1/s1. The lowest BCUT2D eigenvalue weighted by molar-refractivity contribution is -0.136. The molecule has 5 atom stereocenters. The zero-order chi connectivity index (χ0) is 40.1. The maximum absolute atomic E-state index is 13.5. The first kappa shape index (κ1) is 40.0. The lowest BCUT2D eigenvalue weighted by atomic mass is 9.98. The van der Waals surface area contributed by atoms with Crippen LogP contribution in [0.25, 0.3) is 33.6 Å². The van der Waals surface area contributed by atoms with E-state index < -0.39 is 24.3 Å². The Morgan fingerprint density at radius 1 is 0.714 bits per heavy atom. The number of rotatable bonds is 12. The number of amides is 4. The Bertz CT molecular complexity index is 1990. The number of aromatic nitrogens is 4. The van der Waals surface area contributed by atoms with E-state index in [2.05, 4.69) is 74.1 Å². The molecule has 2 aromatic heterocycles. The van der Waals surface area contributed by atoms with Gasteiger partial charge in [0.15, 0.2) is 0 Å². The van der Waals surface area contributed by atoms with Crippen LogP contribution in [0.2, 0.25) is 0 Å². The number of likely N-dealkylation sites (tertiary alicyclic amines) is 1. The molecule has 6 rings (SSSR count). The molecule has 4 amide bonds. The maximum Gasteiger partial charge on any atom is 0.407 e. The predicted octanol–water partition coefficient (Wildman–Crippen LogP) is 6.65. The summed E-state index contributed by atoms with van der Waals surface area (Å²) in [5.74, 6) is 1.16. The number of carbonyl (C=O) groups is 4. The Morgan fingerprint density at radius 3 is 1.75 bits per heavy atom. The molecule has 0 bridgehead atoms. The number of ether oxygens (including phenoxy) is 2. The molecule has 4 aromatic rings. The molecule has 0 radical (unpaired) electrons. The SMILES string of the molecule is COC(=O)N[C@H](C(=O)N(C)[C@@H]1CCC[C@H]1c1ncc(-c2ccc(-c3ccc(-c4cnc([C@@H]5CCCN5C(=O)[C@@H](NC(=O)OC)C(C)C)[nH]4)cc3)cc2)[nH]1)C(C)C. The zero-order valence-corrected chi connectivity index (χ0v) is 33.3. The van der Waals surface area contributed by atoms with Crippen LogP contribution in [-0.2, 0) is 19.1 Å². The maximum atomic E-state index is 13.5. The molecule has 1 aliphatic carbocycles. The Labute approximate surface area is 328 Å². The first-order chi connectivity index (χ1) is 26.9. The van der Waals surface area contributed by atoms with Gasteiger partial charge in [0.1, 0.15) is 23.7 Å². The number of H-pyrrole nitrogens is 2. The molecular formula is C42H54N8O6. The van der Waals surface area contributed by atoms with Crippen molar-refractivity contribution < 1.29 is 28.7 Å². The van der Waals surface area contributed by atoms with Crippen molar-refractivity contribution in [1.82, 2.24) is 40.4 Å². The van der Waals surface area contributed by atoms with Gasteiger partial charge >= 0.3 is 12.2 Å². The van der Waals surface area contributed by atoms with Crippen LogP contribution in [0.15, 0.2) is 60.9 Å². The van der Waals surface area contributed by atoms with Gasteiger partial charge in [0.25, 0.3) is 0 Å². The molecule has 14 heteroatoms. The minimum atomic E-state index is -0.686. The smallest absolute Gasteiger partial charge is 0.407 e. The molecule has 2 aromatic carbocycles. The zero-order valence-electron chi connectivity index (χ0n) is 33.3. The van der Waals surface area contributed by atoms with Crippen LogP contribution in [0.3, 0.4) is 0 Å². The molecule has 0 spiro atoms. The second-order valence-electron chi connectivity index (χ2n) is 15.5. The minimum absolute atomic E-state index is 0.0400. The van der Waals surface area contributed by atoms with Gasteiger partial charge in [-0.2, -0.15) is 0 Å². The number of hydrogen-bond acceptors (Lipinski definition) is 8. The molecule has 2 aliphatic rings. The van der Waals surface area contributed by atoms with Gasteiger partial charge < -0.3 is 39.9 Å². The molecule has 4 N–H and O–H groups in total. The van der Waals surface area contributed by atoms with Crippen molar-refractivity contribution in [3.05, 3.63) is 72.6 Å². The summed E-state index contributed by atoms with van der Waals surface area (Å²) in [5.41, 5.74) is 5.90. The van der Waals surface area contributed by atoms with Crippen molar-refractivity contribution in [2.75, 3.05) is 27.8 Å². The molecule has 0 unspecified atom stereocenters. The van der Waals surface area contributed by atoms with Crippen LogP contribution >= 0.6 is 0 Å². The summed E-state index contributed by atoms with van der Waals surface area (Å²) in [4.78, 5) is 70.9. The van der Waals surface area contributed by atoms with Crippen molar-refractivity contribution >= 4 is 24.0 Å². The summed E-state index contributed by atoms with van der Waals surface area (Å²) >= 11 is 0. The van der Waals surface area contributed by atoms with Gasteiger partial charge in [0.05, 0.1) is 44.0 Å². The Balaban J connectivity index is 1.10. The Morgan fingerprint density at radius 2 is 1.21 bits per heavy atom. The fourth-order valence-electron chi connectivity index (χ4n) is 8.01. The van der Waals surface area contributed by atoms with E-state index in [1.54, 1.807) is 11.1 Å². The van der Waals surface area contributed by atoms with Crippen molar-refractivity contribution in [3.63, 3.8) is 0 Å². The summed E-state index contributed by atoms with van der Waals surface area (Å²) in [7, 11) is 4.40. The van der Waals surface area contributed by atoms with Crippen molar-refractivity contribution in [2.24, 2.45) is 11.8 Å². The molecule has 1 saturated carbocycles. The fraction of sp³-hybridized carbons (Fsp3) is 0.476. The number of nitrogens with zero attached hydrogens (tertiary/aromatic N) is 4. The van der Waals surface area contributed by atoms with E-state index in [0.29, 0.717) is 6.54 Å². The first-order valence-electron chi connectivity index (χ1n) is 19.5. The third kappa shape index (κ3) is 8.58. The fourth-order valence-corrected chi connectivity index (χ4v) is 8.01. The lowest BCUT2D eigenvalue weighted by Gasteiger charge is -2.33. The van der Waals surface area contributed by atoms with Crippen molar-refractivity contribution in [2.45, 2.75) is 89.9 Å². The van der Waals surface area contributed by atoms with E-state index >= 15 is 0 Å². The van der Waals surface area contributed by atoms with Gasteiger partial charge in [-0.15, -0.1) is 0 Å². The van der Waals surface area contributed by atoms with E-state index in [0.717, 1.165) is 77.4 Å². The quantitative estimate of drug-likeness (QED) is 0.124. The molecule has 1 aliphatic heterocycles. The van der Waals surface area contributed by atoms with E-state index in [-0.39, 0.29) is 41.7 Å². The van der Waals surface area contributed by atoms with Gasteiger partial charge in [-0.1, -0.05) is 82.6 Å². The number of aromatic amines is 2. The van der Waals surface area contributed by atoms with E-state index in [1.165, 1.54) is 14.2 Å². The largest absolute Gasteiger partial charge is 0.453 e. The highest BCUT2D eigenvalue weighted by atomic mass is 16.5. The molecule has 2 fully saturated rings. The molecular weight excluding hydrogens is 713 g/mol. The van der Waals surface area contributed by atoms with Gasteiger partial charge in [0.2, 0.25) is 11.8 Å². The molecule has 3 heterocycles. The number of imidazole rings is 2. The summed E-state index contributed by atoms with van der Waals surface area (Å²) in [6.07, 6.45) is 6.80. The lowest BCUT2D eigenvalue weighted by Crippen LogP contribution is -2.53. The normalized spacial score (nSPS) is 19.2. The number of nitrogens with one attached hydrogen (secondary N) is 4. The summed E-state index contributed by atoms with van der Waals surface area (Å²) in [6, 6.07) is 15.0. The number of carbonyl (C=O) groups excluding carboxylic acids is 4. The van der Waals surface area contributed by atoms with E-state index in [9.17, 15) is 19.2 Å². The van der Waals surface area contributed by atoms with Crippen LogP contribution in [0.5, 0.6) is 0 Å². The predicted molar refractivity (Wildman–Crippen MR) is 212 cm³/mol. The molecule has 14 nitrogen and oxygen atoms in total. The van der Waals surface area contributed by atoms with E-state index in [1.807, 2.05) is 45.8 Å². The highest BCUT2D eigenvalue weighted by molar-refractivity contribution is 5.87. The van der Waals surface area contributed by atoms with Gasteiger partial charge in [0, 0.05) is 25.6 Å². The minimum Gasteiger partial charge on any atom is -0.453 e. The van der Waals surface area contributed by atoms with Crippen LogP contribution in [0.4, 0.5) is 9.59 Å². The van der Waals surface area contributed by atoms with Crippen LogP contribution < -0.4 is 10.6 Å². The summed E-state index contributed by atoms with van der Waals surface area (Å²) in [6.45, 7) is 8.21. The number of benzene rings is 2. The van der Waals surface area contributed by atoms with Crippen molar-refractivity contribution in [1.29, 1.82) is 0 Å². The van der Waals surface area contributed by atoms with Crippen LogP contribution in [-0.4, -0.2) is 99.7 Å². The Kier molecular flexibility index (Phi) is 12.5. The number of methoxy groups -OCH3 is 2. The van der Waals surface area contributed by atoms with E-state index in [4.69, 9.17) is 14.5 Å². The highest BCUT2D eigenvalue weighted by Gasteiger charge is 2.39. The van der Waals surface area contributed by atoms with Crippen molar-refractivity contribution in [3.8, 4) is 33.6 Å².